The van der Waals surface area contributed by atoms with E-state index in [-0.39, 0.29) is 23.9 Å². The number of hydrogen-bond donors (Lipinski definition) is 3. The molecular formula is C22H22ClN3O2S. The van der Waals surface area contributed by atoms with E-state index < -0.39 is 0 Å². The Hall–Kier alpha value is -2.41. The van der Waals surface area contributed by atoms with E-state index in [9.17, 15) is 9.59 Å². The van der Waals surface area contributed by atoms with Gasteiger partial charge in [0.2, 0.25) is 0 Å². The van der Waals surface area contributed by atoms with Crippen LogP contribution in [0.25, 0.3) is 10.1 Å². The molecule has 150 valence electrons. The van der Waals surface area contributed by atoms with Gasteiger partial charge in [0.15, 0.2) is 0 Å². The van der Waals surface area contributed by atoms with Crippen molar-refractivity contribution in [3.8, 4) is 0 Å². The zero-order valence-corrected chi connectivity index (χ0v) is 17.4. The van der Waals surface area contributed by atoms with E-state index in [1.54, 1.807) is 18.2 Å². The number of carbonyl (C=O) groups excluding carboxylic acids is 2. The third kappa shape index (κ3) is 4.61. The topological polar surface area (TPSA) is 84.2 Å². The molecule has 5 nitrogen and oxygen atoms in total. The number of rotatable bonds is 4. The van der Waals surface area contributed by atoms with Crippen LogP contribution in [0.1, 0.15) is 45.7 Å². The van der Waals surface area contributed by atoms with Gasteiger partial charge in [-0.15, -0.1) is 11.3 Å². The Kier molecular flexibility index (Phi) is 5.85. The van der Waals surface area contributed by atoms with Gasteiger partial charge in [-0.05, 0) is 61.4 Å². The van der Waals surface area contributed by atoms with Crippen LogP contribution in [0.15, 0.2) is 48.5 Å². The van der Waals surface area contributed by atoms with Crippen LogP contribution >= 0.6 is 22.9 Å². The first-order chi connectivity index (χ1) is 14.0. The van der Waals surface area contributed by atoms with Gasteiger partial charge in [0.25, 0.3) is 11.8 Å². The number of benzene rings is 2. The zero-order chi connectivity index (χ0) is 20.4. The second-order valence-corrected chi connectivity index (χ2v) is 8.87. The molecule has 2 amide bonds. The normalized spacial score (nSPS) is 19.1. The van der Waals surface area contributed by atoms with Crippen LogP contribution in [-0.4, -0.2) is 23.9 Å². The molecule has 0 radical (unpaired) electrons. The first-order valence-electron chi connectivity index (χ1n) is 9.65. The van der Waals surface area contributed by atoms with Crippen molar-refractivity contribution in [1.82, 2.24) is 5.32 Å². The lowest BCUT2D eigenvalue weighted by atomic mass is 9.91. The minimum atomic E-state index is -0.244. The van der Waals surface area contributed by atoms with Crippen LogP contribution in [0.2, 0.25) is 5.02 Å². The lowest BCUT2D eigenvalue weighted by Gasteiger charge is -2.26. The standard InChI is InChI=1S/C22H22ClN3O2S/c23-17-10-5-14(21(27)25-16-8-6-15(24)7-9-16)11-18(17)26-22(28)20-12-13-3-1-2-4-19(13)29-20/h1-5,10-12,15-16H,6-9,24H2,(H,25,27)(H,26,28). The predicted octanol–water partition coefficient (Wildman–Crippen LogP) is 4.81. The number of halogens is 1. The maximum atomic E-state index is 12.7. The fraction of sp³-hybridized carbons (Fsp3) is 0.273. The summed E-state index contributed by atoms with van der Waals surface area (Å²) in [5, 5.41) is 7.30. The second-order valence-electron chi connectivity index (χ2n) is 7.38. The molecule has 1 saturated carbocycles. The number of nitrogens with two attached hydrogens (primary N) is 1. The lowest BCUT2D eigenvalue weighted by Crippen LogP contribution is -2.40. The molecule has 0 bridgehead atoms. The van der Waals surface area contributed by atoms with Crippen molar-refractivity contribution in [3.05, 3.63) is 64.0 Å². The largest absolute Gasteiger partial charge is 0.349 e. The molecule has 1 aliphatic rings. The van der Waals surface area contributed by atoms with E-state index in [4.69, 9.17) is 17.3 Å². The first kappa shape index (κ1) is 19.9. The number of carbonyl (C=O) groups is 2. The molecule has 0 atom stereocenters. The highest BCUT2D eigenvalue weighted by Crippen LogP contribution is 2.28. The summed E-state index contributed by atoms with van der Waals surface area (Å²) in [7, 11) is 0. The molecule has 7 heteroatoms. The van der Waals surface area contributed by atoms with Crippen LogP contribution in [-0.2, 0) is 0 Å². The molecule has 4 rings (SSSR count). The Morgan fingerprint density at radius 2 is 1.76 bits per heavy atom. The summed E-state index contributed by atoms with van der Waals surface area (Å²) in [6.07, 6.45) is 3.61. The van der Waals surface area contributed by atoms with Gasteiger partial charge in [-0.2, -0.15) is 0 Å². The van der Waals surface area contributed by atoms with Gasteiger partial charge in [0.05, 0.1) is 15.6 Å². The molecule has 1 aromatic heterocycles. The number of anilines is 1. The zero-order valence-electron chi connectivity index (χ0n) is 15.8. The van der Waals surface area contributed by atoms with Gasteiger partial charge in [-0.3, -0.25) is 9.59 Å². The van der Waals surface area contributed by atoms with Crippen LogP contribution in [0.5, 0.6) is 0 Å². The van der Waals surface area contributed by atoms with E-state index >= 15 is 0 Å². The number of hydrogen-bond acceptors (Lipinski definition) is 4. The summed E-state index contributed by atoms with van der Waals surface area (Å²) in [5.74, 6) is -0.411. The van der Waals surface area contributed by atoms with Crippen LogP contribution < -0.4 is 16.4 Å². The van der Waals surface area contributed by atoms with Crippen molar-refractivity contribution in [1.29, 1.82) is 0 Å². The maximum Gasteiger partial charge on any atom is 0.265 e. The van der Waals surface area contributed by atoms with E-state index in [0.717, 1.165) is 35.8 Å². The summed E-state index contributed by atoms with van der Waals surface area (Å²) in [5.41, 5.74) is 6.82. The molecule has 0 saturated heterocycles. The van der Waals surface area contributed by atoms with Gasteiger partial charge < -0.3 is 16.4 Å². The first-order valence-corrected chi connectivity index (χ1v) is 10.8. The Labute approximate surface area is 178 Å². The fourth-order valence-electron chi connectivity index (χ4n) is 3.57. The van der Waals surface area contributed by atoms with Crippen molar-refractivity contribution in [3.63, 3.8) is 0 Å². The molecule has 0 aliphatic heterocycles. The van der Waals surface area contributed by atoms with Gasteiger partial charge in [0.1, 0.15) is 0 Å². The number of thiophene rings is 1. The van der Waals surface area contributed by atoms with Gasteiger partial charge in [0, 0.05) is 22.3 Å². The summed E-state index contributed by atoms with van der Waals surface area (Å²) < 4.78 is 1.05. The second kappa shape index (κ2) is 8.53. The minimum absolute atomic E-state index is 0.134. The van der Waals surface area contributed by atoms with Crippen LogP contribution in [0, 0.1) is 0 Å². The van der Waals surface area contributed by atoms with Crippen molar-refractivity contribution in [2.24, 2.45) is 5.73 Å². The Balaban J connectivity index is 1.47. The monoisotopic (exact) mass is 427 g/mol. The van der Waals surface area contributed by atoms with Crippen LogP contribution in [0.3, 0.4) is 0 Å². The van der Waals surface area contributed by atoms with Gasteiger partial charge in [-0.25, -0.2) is 0 Å². The van der Waals surface area contributed by atoms with Gasteiger partial charge >= 0.3 is 0 Å². The summed E-state index contributed by atoms with van der Waals surface area (Å²) in [6, 6.07) is 15.0. The van der Waals surface area contributed by atoms with Crippen LogP contribution in [0.4, 0.5) is 5.69 Å². The van der Waals surface area contributed by atoms with E-state index in [1.807, 2.05) is 30.3 Å². The molecule has 1 fully saturated rings. The van der Waals surface area contributed by atoms with E-state index in [1.165, 1.54) is 11.3 Å². The summed E-state index contributed by atoms with van der Waals surface area (Å²) >= 11 is 7.68. The Morgan fingerprint density at radius 3 is 2.52 bits per heavy atom. The number of nitrogens with one attached hydrogen (secondary N) is 2. The summed E-state index contributed by atoms with van der Waals surface area (Å²) in [6.45, 7) is 0. The SMILES string of the molecule is NC1CCC(NC(=O)c2ccc(Cl)c(NC(=O)c3cc4ccccc4s3)c2)CC1. The van der Waals surface area contributed by atoms with Crippen molar-refractivity contribution < 1.29 is 9.59 Å². The molecule has 3 aromatic rings. The van der Waals surface area contributed by atoms with Crippen molar-refractivity contribution >= 4 is 50.5 Å². The molecular weight excluding hydrogens is 406 g/mol. The molecule has 1 aliphatic carbocycles. The van der Waals surface area contributed by atoms with Gasteiger partial charge in [-0.1, -0.05) is 29.8 Å². The fourth-order valence-corrected chi connectivity index (χ4v) is 4.70. The highest BCUT2D eigenvalue weighted by atomic mass is 35.5. The summed E-state index contributed by atoms with van der Waals surface area (Å²) in [4.78, 5) is 25.9. The third-order valence-electron chi connectivity index (χ3n) is 5.23. The molecule has 0 unspecified atom stereocenters. The highest BCUT2D eigenvalue weighted by Gasteiger charge is 2.21. The maximum absolute atomic E-state index is 12.7. The van der Waals surface area contributed by atoms with E-state index in [0.29, 0.717) is 21.2 Å². The Bertz CT molecular complexity index is 1020. The molecule has 4 N–H and O–H groups in total. The molecule has 0 spiro atoms. The van der Waals surface area contributed by atoms with Crippen molar-refractivity contribution in [2.75, 3.05) is 5.32 Å². The predicted molar refractivity (Wildman–Crippen MR) is 119 cm³/mol. The van der Waals surface area contributed by atoms with Crippen molar-refractivity contribution in [2.45, 2.75) is 37.8 Å². The van der Waals surface area contributed by atoms with E-state index in [2.05, 4.69) is 10.6 Å². The quantitative estimate of drug-likeness (QED) is 0.558. The smallest absolute Gasteiger partial charge is 0.265 e. The Morgan fingerprint density at radius 1 is 1.00 bits per heavy atom. The molecule has 1 heterocycles. The average Bonchev–Trinajstić information content (AvgIpc) is 3.16. The molecule has 29 heavy (non-hydrogen) atoms. The number of fused-ring (bicyclic) bond motifs is 1. The lowest BCUT2D eigenvalue weighted by molar-refractivity contribution is 0.0925. The average molecular weight is 428 g/mol. The minimum Gasteiger partial charge on any atom is -0.349 e. The third-order valence-corrected chi connectivity index (χ3v) is 6.68. The highest BCUT2D eigenvalue weighted by molar-refractivity contribution is 7.20. The number of amides is 2. The molecule has 2 aromatic carbocycles.